The molecule has 0 saturated heterocycles. The summed E-state index contributed by atoms with van der Waals surface area (Å²) in [5.41, 5.74) is 1.09. The zero-order valence-corrected chi connectivity index (χ0v) is 19.2. The minimum Gasteiger partial charge on any atom is -0.494 e. The first-order valence-corrected chi connectivity index (χ1v) is 9.22. The van der Waals surface area contributed by atoms with Crippen molar-refractivity contribution in [3.05, 3.63) is 47.3 Å². The maximum Gasteiger partial charge on any atom is 0.387 e. The molecule has 0 saturated carbocycles. The second kappa shape index (κ2) is 11.7. The number of alkyl halides is 2. The fourth-order valence-corrected chi connectivity index (χ4v) is 2.81. The first-order chi connectivity index (χ1) is 14.5. The molecular weight excluding hydrogens is 530 g/mol. The van der Waals surface area contributed by atoms with Gasteiger partial charge in [-0.1, -0.05) is 6.07 Å². The molecule has 0 aromatic heterocycles. The normalized spacial score (nSPS) is 12.4. The molecule has 2 N–H and O–H groups in total. The first-order valence-electron chi connectivity index (χ1n) is 9.22. The van der Waals surface area contributed by atoms with Crippen molar-refractivity contribution in [3.63, 3.8) is 0 Å². The van der Waals surface area contributed by atoms with Crippen LogP contribution >= 0.6 is 24.0 Å². The number of hydrogen-bond donors (Lipinski definition) is 2. The molecule has 0 radical (unpaired) electrons. The van der Waals surface area contributed by atoms with E-state index >= 15 is 0 Å². The van der Waals surface area contributed by atoms with Crippen LogP contribution in [0.5, 0.6) is 23.0 Å². The molecule has 2 aromatic rings. The van der Waals surface area contributed by atoms with Crippen molar-refractivity contribution in [1.82, 2.24) is 10.6 Å². The molecule has 1 heterocycles. The van der Waals surface area contributed by atoms with E-state index in [1.165, 1.54) is 25.3 Å². The lowest BCUT2D eigenvalue weighted by atomic mass is 10.1. The molecule has 170 valence electrons. The molecule has 1 aliphatic heterocycles. The number of benzene rings is 2. The van der Waals surface area contributed by atoms with Gasteiger partial charge < -0.3 is 29.6 Å². The highest BCUT2D eigenvalue weighted by Gasteiger charge is 2.20. The summed E-state index contributed by atoms with van der Waals surface area (Å²) in [6.07, 6.45) is 0. The van der Waals surface area contributed by atoms with Gasteiger partial charge >= 0.3 is 6.61 Å². The molecule has 3 rings (SSSR count). The number of fused-ring (bicyclic) bond motifs is 1. The summed E-state index contributed by atoms with van der Waals surface area (Å²) in [6.45, 7) is -0.154. The van der Waals surface area contributed by atoms with Crippen molar-refractivity contribution in [2.24, 2.45) is 4.99 Å². The summed E-state index contributed by atoms with van der Waals surface area (Å²) in [6, 6.07) is 7.53. The van der Waals surface area contributed by atoms with Crippen molar-refractivity contribution in [1.29, 1.82) is 0 Å². The van der Waals surface area contributed by atoms with E-state index in [0.29, 0.717) is 35.1 Å². The van der Waals surface area contributed by atoms with E-state index in [2.05, 4.69) is 20.4 Å². The van der Waals surface area contributed by atoms with Crippen LogP contribution in [0, 0.1) is 5.82 Å². The predicted octanol–water partition coefficient (Wildman–Crippen LogP) is 4.04. The Balaban J connectivity index is 0.00000341. The monoisotopic (exact) mass is 553 g/mol. The standard InChI is InChI=1S/C20H22F3N3O4.HI/c1-3-24-20(25-9-12-4-5-15(27-2)14(21)6-12)26-10-13-7-17-18(29-11-28-17)8-16(13)30-19(22)23;/h4-8,19H,3,9-11H2,1-2H3,(H2,24,25,26);1H. The van der Waals surface area contributed by atoms with Crippen molar-refractivity contribution in [3.8, 4) is 23.0 Å². The Labute approximate surface area is 194 Å². The fraction of sp³-hybridized carbons (Fsp3) is 0.350. The van der Waals surface area contributed by atoms with Crippen molar-refractivity contribution < 1.29 is 32.1 Å². The average Bonchev–Trinajstić information content (AvgIpc) is 3.16. The van der Waals surface area contributed by atoms with Gasteiger partial charge in [-0.05, 0) is 30.7 Å². The van der Waals surface area contributed by atoms with Crippen LogP contribution in [0.3, 0.4) is 0 Å². The summed E-state index contributed by atoms with van der Waals surface area (Å²) in [5.74, 6) is 0.879. The number of rotatable bonds is 8. The van der Waals surface area contributed by atoms with Crippen molar-refractivity contribution in [2.75, 3.05) is 20.4 Å². The minimum absolute atomic E-state index is 0. The van der Waals surface area contributed by atoms with Gasteiger partial charge in [-0.3, -0.25) is 0 Å². The number of ether oxygens (including phenoxy) is 4. The lowest BCUT2D eigenvalue weighted by Gasteiger charge is -2.15. The Morgan fingerprint density at radius 2 is 1.87 bits per heavy atom. The summed E-state index contributed by atoms with van der Waals surface area (Å²) in [7, 11) is 1.39. The maximum absolute atomic E-state index is 13.8. The van der Waals surface area contributed by atoms with E-state index in [-0.39, 0.29) is 55.4 Å². The van der Waals surface area contributed by atoms with E-state index in [0.717, 1.165) is 0 Å². The average molecular weight is 553 g/mol. The van der Waals surface area contributed by atoms with Crippen molar-refractivity contribution in [2.45, 2.75) is 26.6 Å². The Kier molecular flexibility index (Phi) is 9.34. The number of nitrogens with zero attached hydrogens (tertiary/aromatic N) is 1. The molecular formula is C20H23F3IN3O4. The summed E-state index contributed by atoms with van der Waals surface area (Å²) < 4.78 is 59.4. The highest BCUT2D eigenvalue weighted by molar-refractivity contribution is 14.0. The topological polar surface area (TPSA) is 73.3 Å². The molecule has 0 spiro atoms. The lowest BCUT2D eigenvalue weighted by molar-refractivity contribution is -0.0505. The number of hydrogen-bond acceptors (Lipinski definition) is 5. The Morgan fingerprint density at radius 3 is 2.52 bits per heavy atom. The summed E-state index contributed by atoms with van der Waals surface area (Å²) in [4.78, 5) is 4.40. The lowest BCUT2D eigenvalue weighted by Crippen LogP contribution is -2.36. The van der Waals surface area contributed by atoms with Gasteiger partial charge in [-0.15, -0.1) is 24.0 Å². The first kappa shape index (κ1) is 24.7. The van der Waals surface area contributed by atoms with Crippen LogP contribution in [0.2, 0.25) is 0 Å². The van der Waals surface area contributed by atoms with Gasteiger partial charge in [-0.25, -0.2) is 9.38 Å². The van der Waals surface area contributed by atoms with Crippen molar-refractivity contribution >= 4 is 29.9 Å². The van der Waals surface area contributed by atoms with Gasteiger partial charge in [0.2, 0.25) is 6.79 Å². The van der Waals surface area contributed by atoms with E-state index in [1.54, 1.807) is 12.1 Å². The van der Waals surface area contributed by atoms with Crippen LogP contribution in [0.15, 0.2) is 35.3 Å². The van der Waals surface area contributed by atoms with Crippen LogP contribution in [0.1, 0.15) is 18.1 Å². The van der Waals surface area contributed by atoms with E-state index in [4.69, 9.17) is 14.2 Å². The Morgan fingerprint density at radius 1 is 1.13 bits per heavy atom. The summed E-state index contributed by atoms with van der Waals surface area (Å²) in [5, 5.41) is 6.10. The van der Waals surface area contributed by atoms with Crippen LogP contribution < -0.4 is 29.6 Å². The summed E-state index contributed by atoms with van der Waals surface area (Å²) >= 11 is 0. The fourth-order valence-electron chi connectivity index (χ4n) is 2.81. The third-order valence-corrected chi connectivity index (χ3v) is 4.20. The smallest absolute Gasteiger partial charge is 0.387 e. The second-order valence-corrected chi connectivity index (χ2v) is 6.21. The predicted molar refractivity (Wildman–Crippen MR) is 119 cm³/mol. The third kappa shape index (κ3) is 6.71. The minimum atomic E-state index is -2.98. The quantitative estimate of drug-likeness (QED) is 0.292. The molecule has 0 bridgehead atoms. The van der Waals surface area contributed by atoms with E-state index in [9.17, 15) is 13.2 Å². The second-order valence-electron chi connectivity index (χ2n) is 6.21. The molecule has 0 unspecified atom stereocenters. The SMILES string of the molecule is CCNC(=NCc1ccc(OC)c(F)c1)NCc1cc2c(cc1OC(F)F)OCO2.I. The molecule has 0 amide bonds. The van der Waals surface area contributed by atoms with Crippen LogP contribution in [0.25, 0.3) is 0 Å². The number of aliphatic imine (C=N–C) groups is 1. The zero-order valence-electron chi connectivity index (χ0n) is 16.9. The van der Waals surface area contributed by atoms with E-state index in [1.807, 2.05) is 6.92 Å². The van der Waals surface area contributed by atoms with Gasteiger partial charge in [-0.2, -0.15) is 8.78 Å². The molecule has 0 fully saturated rings. The number of halogens is 4. The molecule has 7 nitrogen and oxygen atoms in total. The van der Waals surface area contributed by atoms with E-state index < -0.39 is 12.4 Å². The van der Waals surface area contributed by atoms with Gasteiger partial charge in [0.05, 0.1) is 13.7 Å². The number of nitrogens with one attached hydrogen (secondary N) is 2. The Hall–Kier alpha value is -2.57. The highest BCUT2D eigenvalue weighted by Crippen LogP contribution is 2.38. The third-order valence-electron chi connectivity index (χ3n) is 4.20. The molecule has 11 heteroatoms. The van der Waals surface area contributed by atoms with Crippen LogP contribution in [-0.4, -0.2) is 33.0 Å². The molecule has 0 atom stereocenters. The molecule has 1 aliphatic rings. The molecule has 31 heavy (non-hydrogen) atoms. The zero-order chi connectivity index (χ0) is 21.5. The molecule has 0 aliphatic carbocycles. The van der Waals surface area contributed by atoms with Gasteiger partial charge in [0.1, 0.15) is 5.75 Å². The number of methoxy groups -OCH3 is 1. The van der Waals surface area contributed by atoms with Gasteiger partial charge in [0.15, 0.2) is 29.0 Å². The largest absolute Gasteiger partial charge is 0.494 e. The maximum atomic E-state index is 13.8. The number of guanidine groups is 1. The van der Waals surface area contributed by atoms with Gasteiger partial charge in [0.25, 0.3) is 0 Å². The molecule has 2 aromatic carbocycles. The Bertz CT molecular complexity index is 915. The van der Waals surface area contributed by atoms with Crippen LogP contribution in [-0.2, 0) is 13.1 Å². The highest BCUT2D eigenvalue weighted by atomic mass is 127. The van der Waals surface area contributed by atoms with Gasteiger partial charge in [0, 0.05) is 24.7 Å². The van der Waals surface area contributed by atoms with Crippen LogP contribution in [0.4, 0.5) is 13.2 Å².